The standard InChI is InChI=1S/C13H16Cl3NO4S/c14-13(15,16)6-7-21-12(18)8-10(17)9-22(19,20)11-4-2-1-3-5-11/h1-5,10H,6-9,17H2. The van der Waals surface area contributed by atoms with E-state index in [4.69, 9.17) is 45.3 Å². The van der Waals surface area contributed by atoms with Gasteiger partial charge in [0.25, 0.3) is 0 Å². The Morgan fingerprint density at radius 2 is 1.82 bits per heavy atom. The van der Waals surface area contributed by atoms with E-state index in [-0.39, 0.29) is 30.1 Å². The predicted molar refractivity (Wildman–Crippen MR) is 87.0 cm³/mol. The zero-order chi connectivity index (χ0) is 16.8. The predicted octanol–water partition coefficient (Wildman–Crippen LogP) is 2.48. The van der Waals surface area contributed by atoms with E-state index in [1.165, 1.54) is 12.1 Å². The van der Waals surface area contributed by atoms with Gasteiger partial charge in [-0.15, -0.1) is 0 Å². The molecule has 9 heteroatoms. The van der Waals surface area contributed by atoms with Crippen LogP contribution in [0.4, 0.5) is 0 Å². The fraction of sp³-hybridized carbons (Fsp3) is 0.462. The van der Waals surface area contributed by atoms with Gasteiger partial charge in [0.05, 0.1) is 23.7 Å². The maximum atomic E-state index is 12.1. The van der Waals surface area contributed by atoms with Crippen molar-refractivity contribution in [1.29, 1.82) is 0 Å². The van der Waals surface area contributed by atoms with E-state index in [9.17, 15) is 13.2 Å². The van der Waals surface area contributed by atoms with E-state index >= 15 is 0 Å². The number of esters is 1. The highest BCUT2D eigenvalue weighted by atomic mass is 35.6. The van der Waals surface area contributed by atoms with E-state index < -0.39 is 25.6 Å². The number of ether oxygens (including phenoxy) is 1. The molecule has 5 nitrogen and oxygen atoms in total. The Bertz CT molecular complexity index is 587. The number of hydrogen-bond donors (Lipinski definition) is 1. The van der Waals surface area contributed by atoms with Crippen molar-refractivity contribution in [1.82, 2.24) is 0 Å². The third kappa shape index (κ3) is 7.65. The maximum Gasteiger partial charge on any atom is 0.307 e. The summed E-state index contributed by atoms with van der Waals surface area (Å²) in [5.74, 6) is -0.985. The van der Waals surface area contributed by atoms with Crippen LogP contribution in [-0.4, -0.2) is 36.6 Å². The Hall–Kier alpha value is -0.530. The smallest absolute Gasteiger partial charge is 0.307 e. The fourth-order valence-corrected chi connectivity index (χ4v) is 3.30. The second-order valence-corrected chi connectivity index (χ2v) is 9.19. The van der Waals surface area contributed by atoms with Crippen LogP contribution >= 0.6 is 34.8 Å². The minimum atomic E-state index is -3.54. The molecule has 0 bridgehead atoms. The number of hydrogen-bond acceptors (Lipinski definition) is 5. The normalized spacial score (nSPS) is 13.6. The molecule has 0 saturated heterocycles. The molecule has 1 unspecified atom stereocenters. The first-order valence-corrected chi connectivity index (χ1v) is 9.14. The highest BCUT2D eigenvalue weighted by Crippen LogP contribution is 2.29. The van der Waals surface area contributed by atoms with Gasteiger partial charge in [-0.25, -0.2) is 8.42 Å². The third-order valence-corrected chi connectivity index (χ3v) is 5.04. The summed E-state index contributed by atoms with van der Waals surface area (Å²) in [6.07, 6.45) is -0.188. The molecule has 0 aliphatic heterocycles. The second-order valence-electron chi connectivity index (χ2n) is 4.64. The molecule has 0 radical (unpaired) electrons. The molecule has 1 aromatic carbocycles. The second kappa shape index (κ2) is 8.36. The molecule has 1 rings (SSSR count). The van der Waals surface area contributed by atoms with Crippen molar-refractivity contribution in [2.24, 2.45) is 5.73 Å². The van der Waals surface area contributed by atoms with Crippen molar-refractivity contribution in [3.8, 4) is 0 Å². The number of carbonyl (C=O) groups is 1. The molecule has 0 amide bonds. The van der Waals surface area contributed by atoms with Crippen LogP contribution in [0, 0.1) is 0 Å². The van der Waals surface area contributed by atoms with E-state index in [2.05, 4.69) is 0 Å². The molecular formula is C13H16Cl3NO4S. The first-order chi connectivity index (χ1) is 10.1. The van der Waals surface area contributed by atoms with Gasteiger partial charge >= 0.3 is 5.97 Å². The molecule has 0 fully saturated rings. The van der Waals surface area contributed by atoms with Crippen molar-refractivity contribution in [2.45, 2.75) is 27.6 Å². The Labute approximate surface area is 144 Å². The lowest BCUT2D eigenvalue weighted by Gasteiger charge is -2.13. The van der Waals surface area contributed by atoms with Gasteiger partial charge in [-0.2, -0.15) is 0 Å². The Kier molecular flexibility index (Phi) is 7.41. The highest BCUT2D eigenvalue weighted by Gasteiger charge is 2.23. The van der Waals surface area contributed by atoms with Gasteiger partial charge in [-0.05, 0) is 12.1 Å². The molecule has 0 heterocycles. The summed E-state index contributed by atoms with van der Waals surface area (Å²) in [6.45, 7) is -0.0759. The summed E-state index contributed by atoms with van der Waals surface area (Å²) in [5.41, 5.74) is 5.70. The third-order valence-electron chi connectivity index (χ3n) is 2.61. The lowest BCUT2D eigenvalue weighted by Crippen LogP contribution is -2.32. The van der Waals surface area contributed by atoms with E-state index in [0.29, 0.717) is 0 Å². The number of sulfone groups is 1. The van der Waals surface area contributed by atoms with E-state index in [1.54, 1.807) is 18.2 Å². The Balaban J connectivity index is 2.46. The zero-order valence-corrected chi connectivity index (χ0v) is 14.6. The van der Waals surface area contributed by atoms with Crippen LogP contribution in [0.15, 0.2) is 35.2 Å². The van der Waals surface area contributed by atoms with Crippen LogP contribution in [0.1, 0.15) is 12.8 Å². The average molecular weight is 389 g/mol. The van der Waals surface area contributed by atoms with E-state index in [1.807, 2.05) is 0 Å². The molecule has 22 heavy (non-hydrogen) atoms. The van der Waals surface area contributed by atoms with Crippen LogP contribution in [-0.2, 0) is 19.4 Å². The minimum absolute atomic E-state index is 0.0426. The van der Waals surface area contributed by atoms with Crippen molar-refractivity contribution < 1.29 is 17.9 Å². The van der Waals surface area contributed by atoms with Gasteiger partial charge in [0.1, 0.15) is 0 Å². The number of nitrogens with two attached hydrogens (primary N) is 1. The van der Waals surface area contributed by atoms with Gasteiger partial charge in [0, 0.05) is 12.5 Å². The topological polar surface area (TPSA) is 86.5 Å². The molecular weight excluding hydrogens is 373 g/mol. The number of alkyl halides is 3. The molecule has 124 valence electrons. The summed E-state index contributed by atoms with van der Waals surface area (Å²) in [6, 6.07) is 7.02. The Morgan fingerprint density at radius 1 is 1.23 bits per heavy atom. The monoisotopic (exact) mass is 387 g/mol. The van der Waals surface area contributed by atoms with Crippen molar-refractivity contribution in [2.75, 3.05) is 12.4 Å². The molecule has 0 aliphatic rings. The maximum absolute atomic E-state index is 12.1. The fourth-order valence-electron chi connectivity index (χ4n) is 1.62. The largest absolute Gasteiger partial charge is 0.465 e. The average Bonchev–Trinajstić information content (AvgIpc) is 2.37. The SMILES string of the molecule is NC(CC(=O)OCCC(Cl)(Cl)Cl)CS(=O)(=O)c1ccccc1. The van der Waals surface area contributed by atoms with Gasteiger partial charge in [-0.3, -0.25) is 4.79 Å². The summed E-state index contributed by atoms with van der Waals surface area (Å²) in [4.78, 5) is 11.7. The Morgan fingerprint density at radius 3 is 2.36 bits per heavy atom. The van der Waals surface area contributed by atoms with Gasteiger partial charge in [-0.1, -0.05) is 53.0 Å². The van der Waals surface area contributed by atoms with Crippen LogP contribution in [0.3, 0.4) is 0 Å². The van der Waals surface area contributed by atoms with Gasteiger partial charge < -0.3 is 10.5 Å². The quantitative estimate of drug-likeness (QED) is 0.573. The molecule has 2 N–H and O–H groups in total. The molecule has 0 saturated carbocycles. The van der Waals surface area contributed by atoms with Crippen molar-refractivity contribution in [3.05, 3.63) is 30.3 Å². The molecule has 0 aliphatic carbocycles. The van der Waals surface area contributed by atoms with E-state index in [0.717, 1.165) is 0 Å². The van der Waals surface area contributed by atoms with Crippen LogP contribution < -0.4 is 5.73 Å². The van der Waals surface area contributed by atoms with Crippen molar-refractivity contribution in [3.63, 3.8) is 0 Å². The zero-order valence-electron chi connectivity index (χ0n) is 11.5. The summed E-state index contributed by atoms with van der Waals surface area (Å²) < 4.78 is 27.5. The molecule has 1 aromatic rings. The number of benzene rings is 1. The molecule has 0 aromatic heterocycles. The first kappa shape index (κ1) is 19.5. The summed E-state index contributed by atoms with van der Waals surface area (Å²) in [7, 11) is -3.54. The number of carbonyl (C=O) groups excluding carboxylic acids is 1. The van der Waals surface area contributed by atoms with Gasteiger partial charge in [0.15, 0.2) is 13.6 Å². The number of halogens is 3. The minimum Gasteiger partial charge on any atom is -0.465 e. The molecule has 1 atom stereocenters. The lowest BCUT2D eigenvalue weighted by molar-refractivity contribution is -0.143. The molecule has 0 spiro atoms. The van der Waals surface area contributed by atoms with Crippen LogP contribution in [0.5, 0.6) is 0 Å². The highest BCUT2D eigenvalue weighted by molar-refractivity contribution is 7.91. The van der Waals surface area contributed by atoms with Crippen LogP contribution in [0.25, 0.3) is 0 Å². The summed E-state index contributed by atoms with van der Waals surface area (Å²) >= 11 is 16.5. The summed E-state index contributed by atoms with van der Waals surface area (Å²) in [5, 5.41) is 0. The lowest BCUT2D eigenvalue weighted by atomic mass is 10.2. The van der Waals surface area contributed by atoms with Crippen molar-refractivity contribution >= 4 is 50.6 Å². The first-order valence-electron chi connectivity index (χ1n) is 6.36. The van der Waals surface area contributed by atoms with Gasteiger partial charge in [0.2, 0.25) is 0 Å². The number of rotatable bonds is 7. The van der Waals surface area contributed by atoms with Crippen LogP contribution in [0.2, 0.25) is 0 Å².